The standard InChI is InChI=1S/C15H20N2O/c1-4-5-14-16-10-13(17(14)3)15(18)12-8-6-11(2)7-9-12/h6-10,15,18H,4-5H2,1-3H3/t15-/m1/s1. The molecule has 18 heavy (non-hydrogen) atoms. The molecule has 0 bridgehead atoms. The monoisotopic (exact) mass is 244 g/mol. The van der Waals surface area contributed by atoms with Crippen molar-refractivity contribution in [1.29, 1.82) is 0 Å². The Labute approximate surface area is 108 Å². The van der Waals surface area contributed by atoms with Gasteiger partial charge in [0.25, 0.3) is 0 Å². The first-order chi connectivity index (χ1) is 8.63. The van der Waals surface area contributed by atoms with Crippen LogP contribution in [0.4, 0.5) is 0 Å². The number of nitrogens with zero attached hydrogens (tertiary/aromatic N) is 2. The molecule has 0 saturated carbocycles. The summed E-state index contributed by atoms with van der Waals surface area (Å²) in [5, 5.41) is 10.4. The van der Waals surface area contributed by atoms with E-state index in [1.165, 1.54) is 5.56 Å². The molecule has 0 saturated heterocycles. The molecule has 0 aliphatic heterocycles. The van der Waals surface area contributed by atoms with Gasteiger partial charge < -0.3 is 9.67 Å². The van der Waals surface area contributed by atoms with E-state index in [1.807, 2.05) is 42.8 Å². The highest BCUT2D eigenvalue weighted by Gasteiger charge is 2.16. The van der Waals surface area contributed by atoms with Crippen molar-refractivity contribution in [2.24, 2.45) is 7.05 Å². The quantitative estimate of drug-likeness (QED) is 0.898. The fourth-order valence-electron chi connectivity index (χ4n) is 2.09. The summed E-state index contributed by atoms with van der Waals surface area (Å²) in [7, 11) is 1.96. The van der Waals surface area contributed by atoms with Gasteiger partial charge in [-0.05, 0) is 18.9 Å². The SMILES string of the molecule is CCCc1ncc([C@H](O)c2ccc(C)cc2)n1C. The van der Waals surface area contributed by atoms with E-state index < -0.39 is 6.10 Å². The minimum Gasteiger partial charge on any atom is -0.382 e. The van der Waals surface area contributed by atoms with Crippen LogP contribution in [0.15, 0.2) is 30.5 Å². The zero-order valence-corrected chi connectivity index (χ0v) is 11.2. The number of aromatic nitrogens is 2. The van der Waals surface area contributed by atoms with Crippen molar-refractivity contribution in [3.63, 3.8) is 0 Å². The van der Waals surface area contributed by atoms with Gasteiger partial charge in [-0.1, -0.05) is 36.8 Å². The molecule has 0 unspecified atom stereocenters. The van der Waals surface area contributed by atoms with Crippen molar-refractivity contribution in [2.45, 2.75) is 32.8 Å². The van der Waals surface area contributed by atoms with E-state index in [-0.39, 0.29) is 0 Å². The predicted octanol–water partition coefficient (Wildman–Crippen LogP) is 2.76. The van der Waals surface area contributed by atoms with E-state index in [9.17, 15) is 5.11 Å². The third kappa shape index (κ3) is 2.46. The number of hydrogen-bond acceptors (Lipinski definition) is 2. The van der Waals surface area contributed by atoms with Gasteiger partial charge >= 0.3 is 0 Å². The van der Waals surface area contributed by atoms with E-state index in [0.717, 1.165) is 29.9 Å². The van der Waals surface area contributed by atoms with Crippen molar-refractivity contribution in [2.75, 3.05) is 0 Å². The summed E-state index contributed by atoms with van der Waals surface area (Å²) >= 11 is 0. The molecule has 0 spiro atoms. The lowest BCUT2D eigenvalue weighted by Gasteiger charge is -2.13. The molecular weight excluding hydrogens is 224 g/mol. The van der Waals surface area contributed by atoms with Gasteiger partial charge in [-0.2, -0.15) is 0 Å². The van der Waals surface area contributed by atoms with E-state index in [0.29, 0.717) is 0 Å². The first-order valence-corrected chi connectivity index (χ1v) is 6.38. The van der Waals surface area contributed by atoms with Crippen molar-refractivity contribution < 1.29 is 5.11 Å². The van der Waals surface area contributed by atoms with Crippen LogP contribution in [0.5, 0.6) is 0 Å². The lowest BCUT2D eigenvalue weighted by atomic mass is 10.1. The predicted molar refractivity (Wildman–Crippen MR) is 72.4 cm³/mol. The Morgan fingerprint density at radius 1 is 1.28 bits per heavy atom. The fraction of sp³-hybridized carbons (Fsp3) is 0.400. The van der Waals surface area contributed by atoms with Crippen molar-refractivity contribution in [3.05, 3.63) is 53.1 Å². The Kier molecular flexibility index (Phi) is 3.82. The molecule has 1 N–H and O–H groups in total. The lowest BCUT2D eigenvalue weighted by Crippen LogP contribution is -2.07. The summed E-state index contributed by atoms with van der Waals surface area (Å²) in [4.78, 5) is 4.37. The van der Waals surface area contributed by atoms with Crippen LogP contribution < -0.4 is 0 Å². The Bertz CT molecular complexity index is 514. The second-order valence-corrected chi connectivity index (χ2v) is 4.72. The summed E-state index contributed by atoms with van der Waals surface area (Å²) in [5.74, 6) is 1.03. The zero-order valence-electron chi connectivity index (χ0n) is 11.2. The first-order valence-electron chi connectivity index (χ1n) is 6.38. The molecule has 0 radical (unpaired) electrons. The van der Waals surface area contributed by atoms with Gasteiger partial charge in [0.2, 0.25) is 0 Å². The van der Waals surface area contributed by atoms with Crippen molar-refractivity contribution in [3.8, 4) is 0 Å². The Morgan fingerprint density at radius 2 is 1.94 bits per heavy atom. The number of aryl methyl sites for hydroxylation is 2. The Balaban J connectivity index is 2.28. The van der Waals surface area contributed by atoms with Gasteiger partial charge in [0.05, 0.1) is 11.9 Å². The van der Waals surface area contributed by atoms with E-state index in [1.54, 1.807) is 6.20 Å². The number of rotatable bonds is 4. The maximum atomic E-state index is 10.4. The van der Waals surface area contributed by atoms with Gasteiger partial charge in [-0.15, -0.1) is 0 Å². The topological polar surface area (TPSA) is 38.1 Å². The third-order valence-corrected chi connectivity index (χ3v) is 3.27. The highest BCUT2D eigenvalue weighted by atomic mass is 16.3. The molecule has 3 nitrogen and oxygen atoms in total. The number of aliphatic hydroxyl groups is 1. The smallest absolute Gasteiger partial charge is 0.121 e. The number of imidazole rings is 1. The maximum Gasteiger partial charge on any atom is 0.121 e. The van der Waals surface area contributed by atoms with Crippen LogP contribution >= 0.6 is 0 Å². The first kappa shape index (κ1) is 12.8. The molecule has 1 atom stereocenters. The summed E-state index contributed by atoms with van der Waals surface area (Å²) in [6, 6.07) is 7.96. The summed E-state index contributed by atoms with van der Waals surface area (Å²) in [6.45, 7) is 4.17. The molecule has 2 rings (SSSR count). The van der Waals surface area contributed by atoms with Crippen LogP contribution in [0.2, 0.25) is 0 Å². The number of benzene rings is 1. The van der Waals surface area contributed by atoms with Crippen LogP contribution in [-0.4, -0.2) is 14.7 Å². The Morgan fingerprint density at radius 3 is 2.56 bits per heavy atom. The van der Waals surface area contributed by atoms with Crippen LogP contribution in [0.3, 0.4) is 0 Å². The summed E-state index contributed by atoms with van der Waals surface area (Å²) < 4.78 is 1.99. The van der Waals surface area contributed by atoms with Crippen molar-refractivity contribution >= 4 is 0 Å². The van der Waals surface area contributed by atoms with Gasteiger partial charge in [0.1, 0.15) is 11.9 Å². The second kappa shape index (κ2) is 5.36. The van der Waals surface area contributed by atoms with Crippen molar-refractivity contribution in [1.82, 2.24) is 9.55 Å². The lowest BCUT2D eigenvalue weighted by molar-refractivity contribution is 0.211. The van der Waals surface area contributed by atoms with Gasteiger partial charge in [0, 0.05) is 13.5 Å². The zero-order chi connectivity index (χ0) is 13.1. The maximum absolute atomic E-state index is 10.4. The van der Waals surface area contributed by atoms with Gasteiger partial charge in [-0.3, -0.25) is 0 Å². The molecule has 1 aromatic heterocycles. The highest BCUT2D eigenvalue weighted by Crippen LogP contribution is 2.22. The highest BCUT2D eigenvalue weighted by molar-refractivity contribution is 5.28. The summed E-state index contributed by atoms with van der Waals surface area (Å²) in [5.41, 5.74) is 2.96. The van der Waals surface area contributed by atoms with E-state index >= 15 is 0 Å². The molecule has 1 aromatic carbocycles. The van der Waals surface area contributed by atoms with Crippen LogP contribution in [0.25, 0.3) is 0 Å². The molecule has 0 amide bonds. The molecule has 1 heterocycles. The molecule has 0 aliphatic carbocycles. The minimum atomic E-state index is -0.603. The largest absolute Gasteiger partial charge is 0.382 e. The molecule has 0 fully saturated rings. The van der Waals surface area contributed by atoms with Gasteiger partial charge in [0.15, 0.2) is 0 Å². The van der Waals surface area contributed by atoms with Crippen LogP contribution in [0.1, 0.15) is 42.1 Å². The van der Waals surface area contributed by atoms with Gasteiger partial charge in [-0.25, -0.2) is 4.98 Å². The second-order valence-electron chi connectivity index (χ2n) is 4.72. The fourth-order valence-corrected chi connectivity index (χ4v) is 2.09. The number of aliphatic hydroxyl groups excluding tert-OH is 1. The minimum absolute atomic E-state index is 0.603. The van der Waals surface area contributed by atoms with Crippen LogP contribution in [0, 0.1) is 6.92 Å². The molecule has 0 aliphatic rings. The van der Waals surface area contributed by atoms with E-state index in [2.05, 4.69) is 11.9 Å². The van der Waals surface area contributed by atoms with Crippen LogP contribution in [-0.2, 0) is 13.5 Å². The molecule has 96 valence electrons. The summed E-state index contributed by atoms with van der Waals surface area (Å²) in [6.07, 6.45) is 3.17. The molecular formula is C15H20N2O. The Hall–Kier alpha value is -1.61. The number of hydrogen-bond donors (Lipinski definition) is 1. The molecule has 2 aromatic rings. The third-order valence-electron chi connectivity index (χ3n) is 3.27. The van der Waals surface area contributed by atoms with E-state index in [4.69, 9.17) is 0 Å². The normalized spacial score (nSPS) is 12.7. The molecule has 3 heteroatoms. The average molecular weight is 244 g/mol. The average Bonchev–Trinajstić information content (AvgIpc) is 2.72.